The summed E-state index contributed by atoms with van der Waals surface area (Å²) in [6, 6.07) is 4.38. The molecule has 0 spiro atoms. The average molecular weight is 215 g/mol. The normalized spacial score (nSPS) is 17.3. The minimum atomic E-state index is 1.07. The largest absolute Gasteiger partial charge is 0.304 e. The zero-order chi connectivity index (χ0) is 11.0. The minimum absolute atomic E-state index is 1.07. The van der Waals surface area contributed by atoms with Crippen LogP contribution in [0.2, 0.25) is 0 Å². The predicted molar refractivity (Wildman–Crippen MR) is 64.4 cm³/mol. The summed E-state index contributed by atoms with van der Waals surface area (Å²) in [5.74, 6) is 1.07. The standard InChI is InChI=1S/C13H17N3/c1-11-14-8-13-5-4-12(10-16(11)13)9-15-6-2-3-7-15/h4-5,8,10H,2-3,6-7,9H2,1H3. The summed E-state index contributed by atoms with van der Waals surface area (Å²) in [4.78, 5) is 6.84. The van der Waals surface area contributed by atoms with Crippen molar-refractivity contribution < 1.29 is 0 Å². The molecule has 0 aliphatic carbocycles. The lowest BCUT2D eigenvalue weighted by molar-refractivity contribution is 0.331. The summed E-state index contributed by atoms with van der Waals surface area (Å²) in [6.07, 6.45) is 6.85. The van der Waals surface area contributed by atoms with E-state index in [1.165, 1.54) is 37.0 Å². The molecule has 0 bridgehead atoms. The predicted octanol–water partition coefficient (Wildman–Crippen LogP) is 2.24. The highest BCUT2D eigenvalue weighted by atomic mass is 15.1. The molecule has 3 heteroatoms. The number of aromatic nitrogens is 2. The van der Waals surface area contributed by atoms with E-state index in [0.29, 0.717) is 0 Å². The fraction of sp³-hybridized carbons (Fsp3) is 0.462. The van der Waals surface area contributed by atoms with Crippen molar-refractivity contribution in [3.63, 3.8) is 0 Å². The summed E-state index contributed by atoms with van der Waals surface area (Å²) in [6.45, 7) is 5.63. The van der Waals surface area contributed by atoms with Gasteiger partial charge < -0.3 is 4.40 Å². The summed E-state index contributed by atoms with van der Waals surface area (Å²) in [5, 5.41) is 0. The first-order valence-corrected chi connectivity index (χ1v) is 5.98. The van der Waals surface area contributed by atoms with E-state index in [9.17, 15) is 0 Å². The third-order valence-electron chi connectivity index (χ3n) is 3.38. The molecular formula is C13H17N3. The van der Waals surface area contributed by atoms with Crippen molar-refractivity contribution >= 4 is 5.52 Å². The van der Waals surface area contributed by atoms with Gasteiger partial charge in [0, 0.05) is 12.7 Å². The lowest BCUT2D eigenvalue weighted by Crippen LogP contribution is -2.18. The molecule has 0 unspecified atom stereocenters. The van der Waals surface area contributed by atoms with E-state index in [0.717, 1.165) is 12.4 Å². The molecule has 16 heavy (non-hydrogen) atoms. The van der Waals surface area contributed by atoms with Crippen LogP contribution in [0, 0.1) is 6.92 Å². The van der Waals surface area contributed by atoms with Crippen LogP contribution in [-0.2, 0) is 6.54 Å². The summed E-state index contributed by atoms with van der Waals surface area (Å²) in [7, 11) is 0. The Morgan fingerprint density at radius 2 is 2.06 bits per heavy atom. The quantitative estimate of drug-likeness (QED) is 0.766. The van der Waals surface area contributed by atoms with Gasteiger partial charge in [-0.2, -0.15) is 0 Å². The molecule has 3 nitrogen and oxygen atoms in total. The lowest BCUT2D eigenvalue weighted by Gasteiger charge is -2.14. The van der Waals surface area contributed by atoms with Gasteiger partial charge in [-0.05, 0) is 44.5 Å². The summed E-state index contributed by atoms with van der Waals surface area (Å²) >= 11 is 0. The molecule has 3 heterocycles. The van der Waals surface area contributed by atoms with Gasteiger partial charge in [0.25, 0.3) is 0 Å². The zero-order valence-corrected chi connectivity index (χ0v) is 9.69. The van der Waals surface area contributed by atoms with Gasteiger partial charge in [-0.3, -0.25) is 4.90 Å². The number of rotatable bonds is 2. The highest BCUT2D eigenvalue weighted by Crippen LogP contribution is 2.14. The van der Waals surface area contributed by atoms with Crippen LogP contribution in [0.5, 0.6) is 0 Å². The van der Waals surface area contributed by atoms with E-state index in [1.807, 2.05) is 13.1 Å². The molecule has 0 saturated carbocycles. The van der Waals surface area contributed by atoms with Crippen molar-refractivity contribution in [2.24, 2.45) is 0 Å². The molecule has 3 rings (SSSR count). The Labute approximate surface area is 95.7 Å². The monoisotopic (exact) mass is 215 g/mol. The van der Waals surface area contributed by atoms with Crippen molar-refractivity contribution in [2.75, 3.05) is 13.1 Å². The van der Waals surface area contributed by atoms with Crippen LogP contribution >= 0.6 is 0 Å². The molecule has 84 valence electrons. The lowest BCUT2D eigenvalue weighted by atomic mass is 10.2. The van der Waals surface area contributed by atoms with Crippen LogP contribution in [0.1, 0.15) is 24.2 Å². The van der Waals surface area contributed by atoms with Gasteiger partial charge >= 0.3 is 0 Å². The molecule has 1 aliphatic rings. The highest BCUT2D eigenvalue weighted by molar-refractivity contribution is 5.46. The second kappa shape index (κ2) is 3.91. The topological polar surface area (TPSA) is 20.5 Å². The molecule has 1 fully saturated rings. The number of hydrogen-bond donors (Lipinski definition) is 0. The maximum atomic E-state index is 4.32. The van der Waals surface area contributed by atoms with Crippen molar-refractivity contribution in [2.45, 2.75) is 26.3 Å². The summed E-state index contributed by atoms with van der Waals surface area (Å²) in [5.41, 5.74) is 2.57. The highest BCUT2D eigenvalue weighted by Gasteiger charge is 2.12. The smallest absolute Gasteiger partial charge is 0.110 e. The molecule has 0 atom stereocenters. The van der Waals surface area contributed by atoms with E-state index >= 15 is 0 Å². The average Bonchev–Trinajstić information content (AvgIpc) is 2.90. The van der Waals surface area contributed by atoms with Crippen molar-refractivity contribution in [1.82, 2.24) is 14.3 Å². The molecule has 0 amide bonds. The molecule has 0 radical (unpaired) electrons. The van der Waals surface area contributed by atoms with Gasteiger partial charge in [-0.15, -0.1) is 0 Å². The Balaban J connectivity index is 1.88. The molecule has 0 N–H and O–H groups in total. The van der Waals surface area contributed by atoms with E-state index in [1.54, 1.807) is 0 Å². The second-order valence-electron chi connectivity index (χ2n) is 4.62. The van der Waals surface area contributed by atoms with E-state index in [4.69, 9.17) is 0 Å². The van der Waals surface area contributed by atoms with Crippen LogP contribution in [-0.4, -0.2) is 27.4 Å². The van der Waals surface area contributed by atoms with Crippen molar-refractivity contribution in [3.8, 4) is 0 Å². The third kappa shape index (κ3) is 1.71. The number of fused-ring (bicyclic) bond motifs is 1. The Hall–Kier alpha value is -1.35. The Kier molecular flexibility index (Phi) is 2.40. The first-order valence-electron chi connectivity index (χ1n) is 5.98. The zero-order valence-electron chi connectivity index (χ0n) is 9.69. The van der Waals surface area contributed by atoms with Crippen molar-refractivity contribution in [1.29, 1.82) is 0 Å². The maximum Gasteiger partial charge on any atom is 0.110 e. The maximum absolute atomic E-state index is 4.32. The van der Waals surface area contributed by atoms with E-state index < -0.39 is 0 Å². The number of imidazole rings is 1. The number of likely N-dealkylation sites (tertiary alicyclic amines) is 1. The fourth-order valence-electron chi connectivity index (χ4n) is 2.46. The molecule has 0 aromatic carbocycles. The Bertz CT molecular complexity index is 495. The molecular weight excluding hydrogens is 198 g/mol. The van der Waals surface area contributed by atoms with Gasteiger partial charge in [0.2, 0.25) is 0 Å². The number of nitrogens with zero attached hydrogens (tertiary/aromatic N) is 3. The number of hydrogen-bond acceptors (Lipinski definition) is 2. The van der Waals surface area contributed by atoms with Crippen LogP contribution in [0.4, 0.5) is 0 Å². The van der Waals surface area contributed by atoms with Crippen LogP contribution < -0.4 is 0 Å². The van der Waals surface area contributed by atoms with Gasteiger partial charge in [0.15, 0.2) is 0 Å². The first-order chi connectivity index (χ1) is 7.83. The minimum Gasteiger partial charge on any atom is -0.304 e. The SMILES string of the molecule is Cc1ncc2ccc(CN3CCCC3)cn12. The Morgan fingerprint density at radius 3 is 2.88 bits per heavy atom. The Morgan fingerprint density at radius 1 is 1.25 bits per heavy atom. The van der Waals surface area contributed by atoms with E-state index in [-0.39, 0.29) is 0 Å². The van der Waals surface area contributed by atoms with E-state index in [2.05, 4.69) is 32.6 Å². The second-order valence-corrected chi connectivity index (χ2v) is 4.62. The van der Waals surface area contributed by atoms with Gasteiger partial charge in [-0.25, -0.2) is 4.98 Å². The molecule has 1 saturated heterocycles. The van der Waals surface area contributed by atoms with Crippen LogP contribution in [0.15, 0.2) is 24.5 Å². The number of aryl methyl sites for hydroxylation is 1. The third-order valence-corrected chi connectivity index (χ3v) is 3.38. The van der Waals surface area contributed by atoms with Crippen LogP contribution in [0.3, 0.4) is 0 Å². The van der Waals surface area contributed by atoms with Crippen molar-refractivity contribution in [3.05, 3.63) is 35.9 Å². The van der Waals surface area contributed by atoms with Crippen LogP contribution in [0.25, 0.3) is 5.52 Å². The molecule has 2 aromatic heterocycles. The first kappa shape index (κ1) is 9.85. The molecule has 1 aliphatic heterocycles. The van der Waals surface area contributed by atoms with Gasteiger partial charge in [0.05, 0.1) is 11.7 Å². The molecule has 2 aromatic rings. The van der Waals surface area contributed by atoms with Gasteiger partial charge in [0.1, 0.15) is 5.82 Å². The van der Waals surface area contributed by atoms with Gasteiger partial charge in [-0.1, -0.05) is 6.07 Å². The number of pyridine rings is 1. The summed E-state index contributed by atoms with van der Waals surface area (Å²) < 4.78 is 2.17. The fourth-order valence-corrected chi connectivity index (χ4v) is 2.46.